The van der Waals surface area contributed by atoms with Gasteiger partial charge in [-0.3, -0.25) is 0 Å². The number of nitrogens with zero attached hydrogens (tertiary/aromatic N) is 1. The van der Waals surface area contributed by atoms with Crippen LogP contribution in [0, 0.1) is 0 Å². The fraction of sp³-hybridized carbons (Fsp3) is 0.500. The van der Waals surface area contributed by atoms with Crippen LogP contribution in [0.1, 0.15) is 0 Å². The molecule has 2 rings (SSSR count). The predicted octanol–water partition coefficient (Wildman–Crippen LogP) is 0.951. The minimum Gasteiger partial charge on any atom is -0.495 e. The van der Waals surface area contributed by atoms with Gasteiger partial charge in [0, 0.05) is 38.3 Å². The monoisotopic (exact) mass is 320 g/mol. The summed E-state index contributed by atoms with van der Waals surface area (Å²) >= 11 is 5.99. The first-order chi connectivity index (χ1) is 9.50. The van der Waals surface area contributed by atoms with Crippen molar-refractivity contribution in [3.8, 4) is 11.5 Å². The van der Waals surface area contributed by atoms with E-state index in [4.69, 9.17) is 21.1 Å². The Morgan fingerprint density at radius 3 is 2.30 bits per heavy atom. The molecule has 0 aliphatic carbocycles. The highest BCUT2D eigenvalue weighted by molar-refractivity contribution is 7.89. The van der Waals surface area contributed by atoms with Crippen molar-refractivity contribution in [3.63, 3.8) is 0 Å². The molecule has 20 heavy (non-hydrogen) atoms. The third-order valence-corrected chi connectivity index (χ3v) is 5.35. The second kappa shape index (κ2) is 6.17. The second-order valence-corrected chi connectivity index (χ2v) is 6.61. The van der Waals surface area contributed by atoms with Crippen molar-refractivity contribution in [2.45, 2.75) is 4.90 Å². The lowest BCUT2D eigenvalue weighted by Crippen LogP contribution is -2.46. The molecule has 0 unspecified atom stereocenters. The third-order valence-electron chi connectivity index (χ3n) is 3.13. The highest BCUT2D eigenvalue weighted by Gasteiger charge is 2.30. The molecule has 1 heterocycles. The van der Waals surface area contributed by atoms with Crippen LogP contribution in [-0.2, 0) is 10.0 Å². The van der Waals surface area contributed by atoms with Gasteiger partial charge < -0.3 is 14.8 Å². The van der Waals surface area contributed by atoms with Crippen molar-refractivity contribution in [3.05, 3.63) is 17.2 Å². The molecule has 0 amide bonds. The number of methoxy groups -OCH3 is 2. The van der Waals surface area contributed by atoms with E-state index in [1.165, 1.54) is 30.7 Å². The highest BCUT2D eigenvalue weighted by atomic mass is 35.5. The van der Waals surface area contributed by atoms with Gasteiger partial charge in [-0.1, -0.05) is 11.6 Å². The number of hydrogen-bond acceptors (Lipinski definition) is 5. The first-order valence-electron chi connectivity index (χ1n) is 6.13. The molecule has 0 saturated carbocycles. The van der Waals surface area contributed by atoms with Gasteiger partial charge >= 0.3 is 0 Å². The van der Waals surface area contributed by atoms with E-state index >= 15 is 0 Å². The maximum absolute atomic E-state index is 12.7. The van der Waals surface area contributed by atoms with Gasteiger partial charge in [0.15, 0.2) is 0 Å². The van der Waals surface area contributed by atoms with Crippen LogP contribution in [0.4, 0.5) is 0 Å². The largest absolute Gasteiger partial charge is 0.495 e. The maximum atomic E-state index is 12.7. The third kappa shape index (κ3) is 2.85. The Morgan fingerprint density at radius 1 is 1.15 bits per heavy atom. The van der Waals surface area contributed by atoms with Crippen molar-refractivity contribution in [2.75, 3.05) is 40.4 Å². The molecule has 0 atom stereocenters. The van der Waals surface area contributed by atoms with Gasteiger partial charge in [-0.05, 0) is 0 Å². The standard InChI is InChI=1S/C12H17ClN2O4S/c1-18-10-8-12(11(19-2)7-9(10)13)20(16,17)15-5-3-14-4-6-15/h7-8,14H,3-6H2,1-2H3. The fourth-order valence-corrected chi connectivity index (χ4v) is 3.88. The molecule has 1 aliphatic heterocycles. The normalized spacial score (nSPS) is 16.9. The Bertz CT molecular complexity index is 585. The lowest BCUT2D eigenvalue weighted by molar-refractivity contribution is 0.353. The molecule has 1 N–H and O–H groups in total. The van der Waals surface area contributed by atoms with Crippen molar-refractivity contribution in [2.24, 2.45) is 0 Å². The topological polar surface area (TPSA) is 67.9 Å². The molecule has 8 heteroatoms. The number of hydrogen-bond donors (Lipinski definition) is 1. The Kier molecular flexibility index (Phi) is 4.74. The summed E-state index contributed by atoms with van der Waals surface area (Å²) in [6.45, 7) is 2.12. The van der Waals surface area contributed by atoms with Gasteiger partial charge in [0.05, 0.1) is 19.2 Å². The molecule has 0 bridgehead atoms. The van der Waals surface area contributed by atoms with E-state index in [1.54, 1.807) is 0 Å². The molecular formula is C12H17ClN2O4S. The zero-order chi connectivity index (χ0) is 14.8. The number of halogens is 1. The number of piperazine rings is 1. The number of benzene rings is 1. The summed E-state index contributed by atoms with van der Waals surface area (Å²) in [6, 6.07) is 2.86. The molecule has 0 spiro atoms. The molecule has 1 saturated heterocycles. The Balaban J connectivity index is 2.49. The van der Waals surface area contributed by atoms with Crippen LogP contribution < -0.4 is 14.8 Å². The summed E-state index contributed by atoms with van der Waals surface area (Å²) in [5, 5.41) is 3.42. The smallest absolute Gasteiger partial charge is 0.246 e. The first kappa shape index (κ1) is 15.4. The van der Waals surface area contributed by atoms with E-state index in [-0.39, 0.29) is 10.6 Å². The molecule has 1 aromatic carbocycles. The van der Waals surface area contributed by atoms with Crippen molar-refractivity contribution in [1.82, 2.24) is 9.62 Å². The number of rotatable bonds is 4. The lowest BCUT2D eigenvalue weighted by Gasteiger charge is -2.27. The molecule has 0 radical (unpaired) electrons. The van der Waals surface area contributed by atoms with E-state index < -0.39 is 10.0 Å². The van der Waals surface area contributed by atoms with E-state index in [1.807, 2.05) is 0 Å². The Morgan fingerprint density at radius 2 is 1.75 bits per heavy atom. The van der Waals surface area contributed by atoms with Gasteiger partial charge in [-0.15, -0.1) is 0 Å². The van der Waals surface area contributed by atoms with Crippen LogP contribution in [-0.4, -0.2) is 53.1 Å². The summed E-state index contributed by atoms with van der Waals surface area (Å²) in [7, 11) is -0.773. The van der Waals surface area contributed by atoms with Crippen molar-refractivity contribution in [1.29, 1.82) is 0 Å². The van der Waals surface area contributed by atoms with Gasteiger partial charge in [-0.2, -0.15) is 4.31 Å². The number of sulfonamides is 1. The summed E-state index contributed by atoms with van der Waals surface area (Å²) < 4.78 is 37.0. The van der Waals surface area contributed by atoms with Crippen LogP contribution >= 0.6 is 11.6 Å². The van der Waals surface area contributed by atoms with Gasteiger partial charge in [-0.25, -0.2) is 8.42 Å². The zero-order valence-electron chi connectivity index (χ0n) is 11.3. The second-order valence-electron chi connectivity index (χ2n) is 4.29. The van der Waals surface area contributed by atoms with Crippen LogP contribution in [0.3, 0.4) is 0 Å². The molecule has 112 valence electrons. The molecule has 6 nitrogen and oxygen atoms in total. The molecule has 1 fully saturated rings. The highest BCUT2D eigenvalue weighted by Crippen LogP contribution is 2.36. The van der Waals surface area contributed by atoms with E-state index in [0.717, 1.165) is 0 Å². The lowest BCUT2D eigenvalue weighted by atomic mass is 10.3. The zero-order valence-corrected chi connectivity index (χ0v) is 12.9. The first-order valence-corrected chi connectivity index (χ1v) is 7.95. The summed E-state index contributed by atoms with van der Waals surface area (Å²) in [6.07, 6.45) is 0. The van der Waals surface area contributed by atoms with Crippen LogP contribution in [0.25, 0.3) is 0 Å². The number of ether oxygens (including phenoxy) is 2. The predicted molar refractivity (Wildman–Crippen MR) is 76.2 cm³/mol. The molecule has 0 aromatic heterocycles. The molecule has 1 aromatic rings. The van der Waals surface area contributed by atoms with Crippen LogP contribution in [0.5, 0.6) is 11.5 Å². The fourth-order valence-electron chi connectivity index (χ4n) is 2.06. The van der Waals surface area contributed by atoms with Gasteiger partial charge in [0.25, 0.3) is 0 Å². The Hall–Kier alpha value is -1.02. The van der Waals surface area contributed by atoms with E-state index in [0.29, 0.717) is 37.0 Å². The van der Waals surface area contributed by atoms with Gasteiger partial charge in [0.1, 0.15) is 16.4 Å². The average molecular weight is 321 g/mol. The van der Waals surface area contributed by atoms with Gasteiger partial charge in [0.2, 0.25) is 10.0 Å². The van der Waals surface area contributed by atoms with Crippen molar-refractivity contribution >= 4 is 21.6 Å². The summed E-state index contributed by atoms with van der Waals surface area (Å²) in [5.41, 5.74) is 0. The maximum Gasteiger partial charge on any atom is 0.246 e. The summed E-state index contributed by atoms with van der Waals surface area (Å²) in [5.74, 6) is 0.524. The van der Waals surface area contributed by atoms with E-state index in [2.05, 4.69) is 5.32 Å². The van der Waals surface area contributed by atoms with E-state index in [9.17, 15) is 8.42 Å². The Labute approximate surface area is 123 Å². The number of nitrogens with one attached hydrogen (secondary N) is 1. The average Bonchev–Trinajstić information content (AvgIpc) is 2.47. The van der Waals surface area contributed by atoms with Crippen molar-refractivity contribution < 1.29 is 17.9 Å². The summed E-state index contributed by atoms with van der Waals surface area (Å²) in [4.78, 5) is 0.0724. The quantitative estimate of drug-likeness (QED) is 0.894. The van der Waals surface area contributed by atoms with Crippen LogP contribution in [0.15, 0.2) is 17.0 Å². The van der Waals surface area contributed by atoms with Crippen LogP contribution in [0.2, 0.25) is 5.02 Å². The minimum atomic E-state index is -3.62. The SMILES string of the molecule is COc1cc(S(=O)(=O)N2CCNCC2)c(OC)cc1Cl. The molecule has 1 aliphatic rings. The molecular weight excluding hydrogens is 304 g/mol. The minimum absolute atomic E-state index is 0.0724.